The van der Waals surface area contributed by atoms with Crippen molar-refractivity contribution in [2.45, 2.75) is 59.3 Å². The highest BCUT2D eigenvalue weighted by atomic mass is 16.5. The number of hydrogen-bond donors (Lipinski definition) is 1. The fourth-order valence-electron chi connectivity index (χ4n) is 4.25. The zero-order chi connectivity index (χ0) is 28.7. The molecule has 40 heavy (non-hydrogen) atoms. The number of carbonyl (C=O) groups is 1. The molecule has 0 spiro atoms. The van der Waals surface area contributed by atoms with Gasteiger partial charge < -0.3 is 19.3 Å². The fourth-order valence-corrected chi connectivity index (χ4v) is 4.25. The summed E-state index contributed by atoms with van der Waals surface area (Å²) < 4.78 is 16.8. The van der Waals surface area contributed by atoms with Gasteiger partial charge in [0.25, 0.3) is 0 Å². The number of esters is 1. The van der Waals surface area contributed by atoms with Crippen LogP contribution in [0.3, 0.4) is 0 Å². The van der Waals surface area contributed by atoms with Crippen molar-refractivity contribution in [3.05, 3.63) is 97.0 Å². The van der Waals surface area contributed by atoms with Crippen LogP contribution >= 0.6 is 0 Å². The van der Waals surface area contributed by atoms with E-state index in [0.29, 0.717) is 23.7 Å². The normalized spacial score (nSPS) is 11.8. The van der Waals surface area contributed by atoms with Crippen LogP contribution in [0.5, 0.6) is 11.5 Å². The number of unbranched alkanes of at least 4 members (excludes halogenated alkanes) is 2. The molecular weight excluding hydrogens is 500 g/mol. The Labute approximate surface area is 239 Å². The fraction of sp³-hybridized carbons (Fsp3) is 0.343. The molecule has 1 N–H and O–H groups in total. The van der Waals surface area contributed by atoms with Gasteiger partial charge in [-0.25, -0.2) is 4.79 Å². The lowest BCUT2D eigenvalue weighted by atomic mass is 9.98. The number of aliphatic hydroxyl groups excluding tert-OH is 1. The van der Waals surface area contributed by atoms with E-state index in [1.807, 2.05) is 18.2 Å². The van der Waals surface area contributed by atoms with E-state index in [1.54, 1.807) is 6.92 Å². The number of rotatable bonds is 16. The Morgan fingerprint density at radius 1 is 0.875 bits per heavy atom. The average molecular weight is 543 g/mol. The van der Waals surface area contributed by atoms with Crippen LogP contribution < -0.4 is 9.47 Å². The standard InChI is InChI=1S/C35H42O5/c1-5-7-8-9-28-10-12-29(13-11-28)30-14-16-31(17-15-30)32-18-19-33(38-21-20-27(6-2)25-36)34(24-32)39-22-23-40-35(37)26(3)4/h10-19,22-24,27,36H,3,5-9,20-21,25H2,1-2,4H3/b23-22+. The van der Waals surface area contributed by atoms with Crippen LogP contribution in [-0.4, -0.2) is 24.3 Å². The molecule has 0 fully saturated rings. The van der Waals surface area contributed by atoms with Gasteiger partial charge in [0.15, 0.2) is 11.5 Å². The van der Waals surface area contributed by atoms with E-state index in [2.05, 4.69) is 69.0 Å². The number of aliphatic hydroxyl groups is 1. The maximum Gasteiger partial charge on any atom is 0.338 e. The Hall–Kier alpha value is -3.83. The van der Waals surface area contributed by atoms with Crippen molar-refractivity contribution in [1.29, 1.82) is 0 Å². The van der Waals surface area contributed by atoms with Crippen molar-refractivity contribution in [3.8, 4) is 33.8 Å². The molecule has 5 heteroatoms. The zero-order valence-corrected chi connectivity index (χ0v) is 24.0. The maximum atomic E-state index is 11.6. The summed E-state index contributed by atoms with van der Waals surface area (Å²) in [6, 6.07) is 23.1. The smallest absolute Gasteiger partial charge is 0.338 e. The molecule has 0 aromatic heterocycles. The van der Waals surface area contributed by atoms with Gasteiger partial charge in [0.2, 0.25) is 0 Å². The lowest BCUT2D eigenvalue weighted by molar-refractivity contribution is -0.133. The number of hydrogen-bond acceptors (Lipinski definition) is 5. The largest absolute Gasteiger partial charge is 0.490 e. The molecule has 3 aromatic rings. The molecule has 0 heterocycles. The SMILES string of the molecule is C=C(C)C(=O)O/C=C/Oc1cc(-c2ccc(-c3ccc(CCCCC)cc3)cc2)ccc1OCCC(CC)CO. The summed E-state index contributed by atoms with van der Waals surface area (Å²) in [5, 5.41) is 9.47. The van der Waals surface area contributed by atoms with Gasteiger partial charge in [-0.05, 0) is 72.1 Å². The van der Waals surface area contributed by atoms with Crippen molar-refractivity contribution < 1.29 is 24.1 Å². The molecule has 0 saturated carbocycles. The van der Waals surface area contributed by atoms with E-state index >= 15 is 0 Å². The van der Waals surface area contributed by atoms with E-state index in [0.717, 1.165) is 36.0 Å². The predicted molar refractivity (Wildman–Crippen MR) is 162 cm³/mol. The summed E-state index contributed by atoms with van der Waals surface area (Å²) in [5.74, 6) is 0.745. The third-order valence-electron chi connectivity index (χ3n) is 6.91. The second kappa shape index (κ2) is 16.3. The first-order valence-electron chi connectivity index (χ1n) is 14.2. The monoisotopic (exact) mass is 542 g/mol. The van der Waals surface area contributed by atoms with Gasteiger partial charge in [-0.2, -0.15) is 0 Å². The summed E-state index contributed by atoms with van der Waals surface area (Å²) in [5.41, 5.74) is 6.05. The van der Waals surface area contributed by atoms with Crippen molar-refractivity contribution >= 4 is 5.97 Å². The lowest BCUT2D eigenvalue weighted by Crippen LogP contribution is -2.10. The molecule has 0 bridgehead atoms. The summed E-state index contributed by atoms with van der Waals surface area (Å²) in [6.07, 6.45) is 8.99. The molecule has 0 radical (unpaired) electrons. The molecule has 3 aromatic carbocycles. The van der Waals surface area contributed by atoms with Crippen LogP contribution in [0.15, 0.2) is 91.4 Å². The third-order valence-corrected chi connectivity index (χ3v) is 6.91. The van der Waals surface area contributed by atoms with E-state index < -0.39 is 5.97 Å². The highest BCUT2D eigenvalue weighted by Gasteiger charge is 2.11. The van der Waals surface area contributed by atoms with Gasteiger partial charge in [-0.1, -0.05) is 94.3 Å². The van der Waals surface area contributed by atoms with Gasteiger partial charge in [-0.3, -0.25) is 0 Å². The Bertz CT molecular complexity index is 1240. The quantitative estimate of drug-likeness (QED) is 0.0851. The van der Waals surface area contributed by atoms with Gasteiger partial charge in [-0.15, -0.1) is 0 Å². The molecule has 0 aliphatic carbocycles. The van der Waals surface area contributed by atoms with E-state index in [4.69, 9.17) is 14.2 Å². The first-order chi connectivity index (χ1) is 19.4. The summed E-state index contributed by atoms with van der Waals surface area (Å²) in [6.45, 7) is 10.0. The van der Waals surface area contributed by atoms with Crippen LogP contribution in [0.25, 0.3) is 22.3 Å². The van der Waals surface area contributed by atoms with Crippen molar-refractivity contribution in [2.75, 3.05) is 13.2 Å². The number of carbonyl (C=O) groups excluding carboxylic acids is 1. The van der Waals surface area contributed by atoms with Crippen molar-refractivity contribution in [1.82, 2.24) is 0 Å². The number of aryl methyl sites for hydroxylation is 1. The average Bonchev–Trinajstić information content (AvgIpc) is 2.98. The first-order valence-corrected chi connectivity index (χ1v) is 14.2. The van der Waals surface area contributed by atoms with E-state index in [9.17, 15) is 9.90 Å². The van der Waals surface area contributed by atoms with E-state index in [1.165, 1.54) is 42.9 Å². The summed E-state index contributed by atoms with van der Waals surface area (Å²) in [4.78, 5) is 11.6. The Balaban J connectivity index is 1.75. The molecule has 212 valence electrons. The van der Waals surface area contributed by atoms with Gasteiger partial charge >= 0.3 is 5.97 Å². The minimum Gasteiger partial charge on any atom is -0.490 e. The summed E-state index contributed by atoms with van der Waals surface area (Å²) >= 11 is 0. The molecule has 0 aliphatic heterocycles. The molecule has 1 unspecified atom stereocenters. The predicted octanol–water partition coefficient (Wildman–Crippen LogP) is 8.51. The van der Waals surface area contributed by atoms with Crippen LogP contribution in [-0.2, 0) is 16.0 Å². The van der Waals surface area contributed by atoms with Crippen LogP contribution in [0, 0.1) is 5.92 Å². The molecular formula is C35H42O5. The molecule has 3 rings (SSSR count). The molecule has 5 nitrogen and oxygen atoms in total. The molecule has 0 amide bonds. The van der Waals surface area contributed by atoms with Crippen molar-refractivity contribution in [2.24, 2.45) is 5.92 Å². The Morgan fingerprint density at radius 2 is 1.50 bits per heavy atom. The Kier molecular flexibility index (Phi) is 12.5. The lowest BCUT2D eigenvalue weighted by Gasteiger charge is -2.15. The maximum absolute atomic E-state index is 11.6. The second-order valence-corrected chi connectivity index (χ2v) is 10.1. The van der Waals surface area contributed by atoms with Gasteiger partial charge in [0.05, 0.1) is 6.61 Å². The zero-order valence-electron chi connectivity index (χ0n) is 24.0. The minimum absolute atomic E-state index is 0.137. The Morgan fingerprint density at radius 3 is 2.10 bits per heavy atom. The number of benzene rings is 3. The summed E-state index contributed by atoms with van der Waals surface area (Å²) in [7, 11) is 0. The highest BCUT2D eigenvalue weighted by molar-refractivity contribution is 5.87. The van der Waals surface area contributed by atoms with Gasteiger partial charge in [0.1, 0.15) is 12.5 Å². The third kappa shape index (κ3) is 9.42. The van der Waals surface area contributed by atoms with Crippen LogP contribution in [0.2, 0.25) is 0 Å². The molecule has 0 aliphatic rings. The van der Waals surface area contributed by atoms with Crippen LogP contribution in [0.1, 0.15) is 58.4 Å². The topological polar surface area (TPSA) is 65.0 Å². The highest BCUT2D eigenvalue weighted by Crippen LogP contribution is 2.34. The van der Waals surface area contributed by atoms with Gasteiger partial charge in [0, 0.05) is 12.2 Å². The number of ether oxygens (including phenoxy) is 3. The first kappa shape index (κ1) is 30.7. The van der Waals surface area contributed by atoms with E-state index in [-0.39, 0.29) is 12.5 Å². The second-order valence-electron chi connectivity index (χ2n) is 10.1. The van der Waals surface area contributed by atoms with Crippen LogP contribution in [0.4, 0.5) is 0 Å². The molecule has 0 saturated heterocycles. The molecule has 1 atom stereocenters. The van der Waals surface area contributed by atoms with Crippen molar-refractivity contribution in [3.63, 3.8) is 0 Å². The minimum atomic E-state index is -0.522.